The summed E-state index contributed by atoms with van der Waals surface area (Å²) in [7, 11) is 0. The molecule has 1 aromatic rings. The SMILES string of the molecule is O=C(O)C1C2C=CC(C2)C1C(=O)Nc1ccc(F)cc1. The van der Waals surface area contributed by atoms with Crippen LogP contribution in [0.1, 0.15) is 6.42 Å². The van der Waals surface area contributed by atoms with Crippen LogP contribution in [0.2, 0.25) is 0 Å². The molecule has 2 aliphatic carbocycles. The first-order chi connectivity index (χ1) is 9.56. The van der Waals surface area contributed by atoms with Crippen LogP contribution in [0.5, 0.6) is 0 Å². The van der Waals surface area contributed by atoms with E-state index in [0.717, 1.165) is 6.42 Å². The molecule has 1 saturated carbocycles. The molecule has 0 saturated heterocycles. The van der Waals surface area contributed by atoms with Crippen molar-refractivity contribution in [3.63, 3.8) is 0 Å². The molecular weight excluding hydrogens is 261 g/mol. The van der Waals surface area contributed by atoms with Crippen molar-refractivity contribution in [2.24, 2.45) is 23.7 Å². The average Bonchev–Trinajstić information content (AvgIpc) is 3.01. The molecule has 2 bridgehead atoms. The van der Waals surface area contributed by atoms with E-state index in [4.69, 9.17) is 0 Å². The van der Waals surface area contributed by atoms with E-state index >= 15 is 0 Å². The number of carbonyl (C=O) groups excluding carboxylic acids is 1. The van der Waals surface area contributed by atoms with Crippen molar-refractivity contribution in [1.82, 2.24) is 0 Å². The molecule has 2 N–H and O–H groups in total. The number of carboxylic acid groups (broad SMARTS) is 1. The first-order valence-corrected chi connectivity index (χ1v) is 6.54. The minimum atomic E-state index is -0.930. The number of allylic oxidation sites excluding steroid dienone is 2. The minimum absolute atomic E-state index is 0.0125. The van der Waals surface area contributed by atoms with Crippen LogP contribution in [-0.2, 0) is 9.59 Å². The Morgan fingerprint density at radius 2 is 1.70 bits per heavy atom. The van der Waals surface area contributed by atoms with Gasteiger partial charge in [-0.05, 0) is 42.5 Å². The van der Waals surface area contributed by atoms with E-state index in [1.54, 1.807) is 0 Å². The predicted molar refractivity (Wildman–Crippen MR) is 70.4 cm³/mol. The maximum atomic E-state index is 12.8. The lowest BCUT2D eigenvalue weighted by atomic mass is 9.82. The van der Waals surface area contributed by atoms with Gasteiger partial charge in [-0.1, -0.05) is 12.2 Å². The van der Waals surface area contributed by atoms with Gasteiger partial charge in [0.15, 0.2) is 0 Å². The summed E-state index contributed by atoms with van der Waals surface area (Å²) in [5, 5.41) is 12.0. The highest BCUT2D eigenvalue weighted by atomic mass is 19.1. The summed E-state index contributed by atoms with van der Waals surface area (Å²) in [4.78, 5) is 23.6. The normalized spacial score (nSPS) is 30.4. The first kappa shape index (κ1) is 12.8. The van der Waals surface area contributed by atoms with Crippen LogP contribution in [0.3, 0.4) is 0 Å². The highest BCUT2D eigenvalue weighted by molar-refractivity contribution is 5.96. The summed E-state index contributed by atoms with van der Waals surface area (Å²) in [6.45, 7) is 0. The monoisotopic (exact) mass is 275 g/mol. The second-order valence-corrected chi connectivity index (χ2v) is 5.33. The predicted octanol–water partition coefficient (Wildman–Crippen LogP) is 2.29. The summed E-state index contributed by atoms with van der Waals surface area (Å²) in [5.41, 5.74) is 0.479. The van der Waals surface area contributed by atoms with Crippen LogP contribution < -0.4 is 5.32 Å². The van der Waals surface area contributed by atoms with E-state index in [0.29, 0.717) is 5.69 Å². The van der Waals surface area contributed by atoms with Crippen LogP contribution >= 0.6 is 0 Å². The Kier molecular flexibility index (Phi) is 3.04. The number of amides is 1. The molecule has 4 unspecified atom stereocenters. The maximum Gasteiger partial charge on any atom is 0.307 e. The molecule has 0 heterocycles. The third kappa shape index (κ3) is 2.09. The molecule has 1 amide bonds. The van der Waals surface area contributed by atoms with Gasteiger partial charge in [0.25, 0.3) is 0 Å². The van der Waals surface area contributed by atoms with Gasteiger partial charge in [-0.3, -0.25) is 9.59 Å². The molecule has 0 radical (unpaired) electrons. The van der Waals surface area contributed by atoms with Gasteiger partial charge in [-0.2, -0.15) is 0 Å². The van der Waals surface area contributed by atoms with Gasteiger partial charge >= 0.3 is 5.97 Å². The summed E-state index contributed by atoms with van der Waals surface area (Å²) in [6, 6.07) is 5.44. The number of anilines is 1. The number of benzene rings is 1. The summed E-state index contributed by atoms with van der Waals surface area (Å²) in [6.07, 6.45) is 4.54. The van der Waals surface area contributed by atoms with Gasteiger partial charge in [0.1, 0.15) is 5.82 Å². The van der Waals surface area contributed by atoms with E-state index in [1.165, 1.54) is 24.3 Å². The van der Waals surface area contributed by atoms with E-state index in [1.807, 2.05) is 12.2 Å². The van der Waals surface area contributed by atoms with E-state index in [2.05, 4.69) is 5.32 Å². The van der Waals surface area contributed by atoms with E-state index in [9.17, 15) is 19.1 Å². The molecule has 2 aliphatic rings. The number of carbonyl (C=O) groups is 2. The number of carboxylic acids is 1. The molecular formula is C15H14FNO3. The fraction of sp³-hybridized carbons (Fsp3) is 0.333. The van der Waals surface area contributed by atoms with Gasteiger partial charge in [0, 0.05) is 5.69 Å². The van der Waals surface area contributed by atoms with E-state index in [-0.39, 0.29) is 23.6 Å². The lowest BCUT2D eigenvalue weighted by molar-refractivity contribution is -0.146. The van der Waals surface area contributed by atoms with Crippen molar-refractivity contribution in [2.75, 3.05) is 5.32 Å². The topological polar surface area (TPSA) is 66.4 Å². The zero-order chi connectivity index (χ0) is 14.3. The number of nitrogens with one attached hydrogen (secondary N) is 1. The van der Waals surface area contributed by atoms with E-state index < -0.39 is 17.8 Å². The molecule has 4 nitrogen and oxygen atoms in total. The maximum absolute atomic E-state index is 12.8. The smallest absolute Gasteiger partial charge is 0.307 e. The molecule has 1 aromatic carbocycles. The van der Waals surface area contributed by atoms with Crippen LogP contribution in [0.4, 0.5) is 10.1 Å². The van der Waals surface area contributed by atoms with Crippen LogP contribution in [0, 0.1) is 29.5 Å². The minimum Gasteiger partial charge on any atom is -0.481 e. The second-order valence-electron chi connectivity index (χ2n) is 5.33. The van der Waals surface area contributed by atoms with Crippen molar-refractivity contribution in [3.8, 4) is 0 Å². The molecule has 3 rings (SSSR count). The molecule has 104 valence electrons. The third-order valence-electron chi connectivity index (χ3n) is 4.16. The van der Waals surface area contributed by atoms with Gasteiger partial charge in [-0.25, -0.2) is 4.39 Å². The lowest BCUT2D eigenvalue weighted by Crippen LogP contribution is -2.36. The number of hydrogen-bond acceptors (Lipinski definition) is 2. The third-order valence-corrected chi connectivity index (χ3v) is 4.16. The number of rotatable bonds is 3. The molecule has 0 aromatic heterocycles. The van der Waals surface area contributed by atoms with Gasteiger partial charge < -0.3 is 10.4 Å². The zero-order valence-electron chi connectivity index (χ0n) is 10.6. The van der Waals surface area contributed by atoms with Crippen molar-refractivity contribution in [2.45, 2.75) is 6.42 Å². The Morgan fingerprint density at radius 3 is 2.30 bits per heavy atom. The molecule has 20 heavy (non-hydrogen) atoms. The summed E-state index contributed by atoms with van der Waals surface area (Å²) >= 11 is 0. The van der Waals surface area contributed by atoms with Crippen LogP contribution in [-0.4, -0.2) is 17.0 Å². The number of halogens is 1. The lowest BCUT2D eigenvalue weighted by Gasteiger charge is -2.23. The summed E-state index contributed by atoms with van der Waals surface area (Å²) in [5.74, 6) is -2.89. The molecule has 4 atom stereocenters. The molecule has 0 spiro atoms. The van der Waals surface area contributed by atoms with Crippen molar-refractivity contribution < 1.29 is 19.1 Å². The molecule has 5 heteroatoms. The van der Waals surface area contributed by atoms with Gasteiger partial charge in [-0.15, -0.1) is 0 Å². The fourth-order valence-corrected chi connectivity index (χ4v) is 3.28. The zero-order valence-corrected chi connectivity index (χ0v) is 10.6. The number of aliphatic carboxylic acids is 1. The van der Waals surface area contributed by atoms with Gasteiger partial charge in [0.05, 0.1) is 11.8 Å². The Bertz CT molecular complexity index is 581. The fourth-order valence-electron chi connectivity index (χ4n) is 3.28. The number of fused-ring (bicyclic) bond motifs is 2. The highest BCUT2D eigenvalue weighted by Crippen LogP contribution is 2.48. The highest BCUT2D eigenvalue weighted by Gasteiger charge is 2.51. The molecule has 0 aliphatic heterocycles. The van der Waals surface area contributed by atoms with Crippen LogP contribution in [0.25, 0.3) is 0 Å². The molecule has 1 fully saturated rings. The Balaban J connectivity index is 1.78. The van der Waals surface area contributed by atoms with Gasteiger partial charge in [0.2, 0.25) is 5.91 Å². The Morgan fingerprint density at radius 1 is 1.10 bits per heavy atom. The largest absolute Gasteiger partial charge is 0.481 e. The van der Waals surface area contributed by atoms with Crippen molar-refractivity contribution in [3.05, 3.63) is 42.2 Å². The Labute approximate surface area is 115 Å². The first-order valence-electron chi connectivity index (χ1n) is 6.54. The van der Waals surface area contributed by atoms with Crippen LogP contribution in [0.15, 0.2) is 36.4 Å². The Hall–Kier alpha value is -2.17. The quantitative estimate of drug-likeness (QED) is 0.832. The summed E-state index contributed by atoms with van der Waals surface area (Å²) < 4.78 is 12.8. The van der Waals surface area contributed by atoms with Crippen molar-refractivity contribution >= 4 is 17.6 Å². The second kappa shape index (κ2) is 4.74. The van der Waals surface area contributed by atoms with Crippen molar-refractivity contribution in [1.29, 1.82) is 0 Å². The average molecular weight is 275 g/mol. The standard InChI is InChI=1S/C15H14FNO3/c16-10-3-5-11(6-4-10)17-14(18)12-8-1-2-9(7-8)13(12)15(19)20/h1-6,8-9,12-13H,7H2,(H,17,18)(H,19,20). The number of hydrogen-bond donors (Lipinski definition) is 2.